The zero-order chi connectivity index (χ0) is 17.8. The van der Waals surface area contributed by atoms with Gasteiger partial charge in [-0.15, -0.1) is 0 Å². The van der Waals surface area contributed by atoms with Gasteiger partial charge in [-0.1, -0.05) is 12.8 Å². The number of hydrogen-bond donors (Lipinski definition) is 2. The molecule has 8 heteroatoms. The summed E-state index contributed by atoms with van der Waals surface area (Å²) in [6, 6.07) is -0.312. The monoisotopic (exact) mass is 350 g/mol. The lowest BCUT2D eigenvalue weighted by atomic mass is 9.99. The molecule has 0 spiro atoms. The molecule has 138 valence electrons. The third-order valence-electron chi connectivity index (χ3n) is 5.27. The van der Waals surface area contributed by atoms with Crippen LogP contribution >= 0.6 is 0 Å². The minimum Gasteiger partial charge on any atom is -0.438 e. The number of carbonyl (C=O) groups excluding carboxylic acids is 2. The number of rotatable bonds is 3. The molecule has 8 nitrogen and oxygen atoms in total. The molecule has 3 rings (SSSR count). The molecule has 1 aromatic heterocycles. The second-order valence-electron chi connectivity index (χ2n) is 6.83. The van der Waals surface area contributed by atoms with Crippen LogP contribution in [0.3, 0.4) is 0 Å². The van der Waals surface area contributed by atoms with Gasteiger partial charge in [-0.3, -0.25) is 14.5 Å². The Hall–Kier alpha value is -1.93. The van der Waals surface area contributed by atoms with Crippen molar-refractivity contribution < 1.29 is 19.1 Å². The number of carbonyl (C=O) groups is 2. The first-order valence-corrected chi connectivity index (χ1v) is 8.93. The zero-order valence-electron chi connectivity index (χ0n) is 14.6. The molecule has 3 atom stereocenters. The molecule has 1 aliphatic heterocycles. The highest BCUT2D eigenvalue weighted by atomic mass is 16.3. The summed E-state index contributed by atoms with van der Waals surface area (Å²) in [5, 5.41) is 13.8. The van der Waals surface area contributed by atoms with Crippen molar-refractivity contribution in [1.82, 2.24) is 20.1 Å². The van der Waals surface area contributed by atoms with Crippen molar-refractivity contribution in [2.75, 3.05) is 26.2 Å². The van der Waals surface area contributed by atoms with E-state index in [1.807, 2.05) is 4.90 Å². The van der Waals surface area contributed by atoms with Crippen LogP contribution in [0.2, 0.25) is 0 Å². The quantitative estimate of drug-likeness (QED) is 0.758. The molecule has 1 saturated carbocycles. The van der Waals surface area contributed by atoms with Crippen LogP contribution in [0.15, 0.2) is 17.0 Å². The Labute approximate surface area is 147 Å². The normalized spacial score (nSPS) is 28.4. The summed E-state index contributed by atoms with van der Waals surface area (Å²) >= 11 is 0. The Kier molecular flexibility index (Phi) is 5.70. The van der Waals surface area contributed by atoms with Gasteiger partial charge in [0, 0.05) is 39.1 Å². The molecule has 2 amide bonds. The number of aromatic nitrogens is 1. The van der Waals surface area contributed by atoms with Crippen LogP contribution in [0.1, 0.15) is 43.2 Å². The largest absolute Gasteiger partial charge is 0.438 e. The zero-order valence-corrected chi connectivity index (χ0v) is 14.6. The molecule has 0 bridgehead atoms. The van der Waals surface area contributed by atoms with Crippen LogP contribution in [0.5, 0.6) is 0 Å². The molecule has 2 aliphatic rings. The van der Waals surface area contributed by atoms with Crippen molar-refractivity contribution in [2.24, 2.45) is 0 Å². The number of amides is 2. The Bertz CT molecular complexity index is 583. The Balaban J connectivity index is 1.62. The summed E-state index contributed by atoms with van der Waals surface area (Å²) in [6.07, 6.45) is 5.57. The molecule has 1 aliphatic carbocycles. The maximum Gasteiger partial charge on any atom is 0.289 e. The van der Waals surface area contributed by atoms with E-state index >= 15 is 0 Å². The second kappa shape index (κ2) is 7.97. The van der Waals surface area contributed by atoms with E-state index in [1.165, 1.54) is 12.6 Å². The maximum atomic E-state index is 12.2. The standard InChI is InChI=1S/C17H26N4O4/c1-12(22)20-6-8-21(9-7-20)14-5-3-2-4-13(16(14)23)19-17(24)15-10-18-11-25-15/h10-11,13-14,16,23H,2-9H2,1H3,(H,19,24)/t13-,14-,16-/m1/s1. The number of nitrogens with one attached hydrogen (secondary N) is 1. The molecule has 0 aromatic carbocycles. The van der Waals surface area contributed by atoms with E-state index in [0.717, 1.165) is 38.8 Å². The third kappa shape index (κ3) is 4.19. The van der Waals surface area contributed by atoms with E-state index in [0.29, 0.717) is 13.1 Å². The van der Waals surface area contributed by atoms with Crippen LogP contribution in [0, 0.1) is 0 Å². The first kappa shape index (κ1) is 17.9. The van der Waals surface area contributed by atoms with Crippen molar-refractivity contribution in [3.05, 3.63) is 18.4 Å². The highest BCUT2D eigenvalue weighted by Gasteiger charge is 2.36. The van der Waals surface area contributed by atoms with E-state index in [9.17, 15) is 14.7 Å². The van der Waals surface area contributed by atoms with E-state index in [1.54, 1.807) is 6.92 Å². The number of nitrogens with zero attached hydrogens (tertiary/aromatic N) is 3. The number of piperazine rings is 1. The van der Waals surface area contributed by atoms with Gasteiger partial charge in [-0.2, -0.15) is 0 Å². The number of hydrogen-bond acceptors (Lipinski definition) is 6. The Morgan fingerprint density at radius 1 is 1.24 bits per heavy atom. The molecular weight excluding hydrogens is 324 g/mol. The molecule has 2 N–H and O–H groups in total. The highest BCUT2D eigenvalue weighted by molar-refractivity contribution is 5.91. The van der Waals surface area contributed by atoms with Gasteiger partial charge >= 0.3 is 0 Å². The van der Waals surface area contributed by atoms with Gasteiger partial charge in [-0.05, 0) is 12.8 Å². The molecular formula is C17H26N4O4. The van der Waals surface area contributed by atoms with E-state index in [2.05, 4.69) is 15.2 Å². The summed E-state index contributed by atoms with van der Waals surface area (Å²) in [5.41, 5.74) is 0. The molecule has 25 heavy (non-hydrogen) atoms. The molecule has 1 aromatic rings. The first-order valence-electron chi connectivity index (χ1n) is 8.93. The van der Waals surface area contributed by atoms with Crippen LogP contribution < -0.4 is 5.32 Å². The minimum absolute atomic E-state index is 0.00312. The van der Waals surface area contributed by atoms with Crippen LogP contribution in [-0.2, 0) is 4.79 Å². The fourth-order valence-corrected chi connectivity index (χ4v) is 3.82. The number of oxazole rings is 1. The topological polar surface area (TPSA) is 98.9 Å². The molecule has 0 unspecified atom stereocenters. The fourth-order valence-electron chi connectivity index (χ4n) is 3.82. The van der Waals surface area contributed by atoms with Crippen LogP contribution in [-0.4, -0.2) is 76.1 Å². The van der Waals surface area contributed by atoms with Crippen molar-refractivity contribution in [3.63, 3.8) is 0 Å². The summed E-state index contributed by atoms with van der Waals surface area (Å²) in [4.78, 5) is 31.5. The van der Waals surface area contributed by atoms with Gasteiger partial charge < -0.3 is 19.7 Å². The Morgan fingerprint density at radius 2 is 1.96 bits per heavy atom. The minimum atomic E-state index is -0.641. The van der Waals surface area contributed by atoms with Crippen LogP contribution in [0.25, 0.3) is 0 Å². The molecule has 2 heterocycles. The summed E-state index contributed by atoms with van der Waals surface area (Å²) in [5.74, 6) is -0.0927. The van der Waals surface area contributed by atoms with E-state index in [4.69, 9.17) is 4.42 Å². The summed E-state index contributed by atoms with van der Waals surface area (Å²) in [6.45, 7) is 4.47. The average molecular weight is 350 g/mol. The van der Waals surface area contributed by atoms with Crippen molar-refractivity contribution >= 4 is 11.8 Å². The van der Waals surface area contributed by atoms with Gasteiger partial charge in [0.15, 0.2) is 6.39 Å². The molecule has 2 fully saturated rings. The molecule has 0 radical (unpaired) electrons. The smallest absolute Gasteiger partial charge is 0.289 e. The van der Waals surface area contributed by atoms with Crippen molar-refractivity contribution in [3.8, 4) is 0 Å². The number of aliphatic hydroxyl groups excluding tert-OH is 1. The SMILES string of the molecule is CC(=O)N1CCN([C@@H]2CCCC[C@@H](NC(=O)c3cnco3)[C@H]2O)CC1. The maximum absolute atomic E-state index is 12.2. The predicted octanol–water partition coefficient (Wildman–Crippen LogP) is 0.241. The lowest BCUT2D eigenvalue weighted by molar-refractivity contribution is -0.131. The Morgan fingerprint density at radius 3 is 2.60 bits per heavy atom. The summed E-state index contributed by atoms with van der Waals surface area (Å²) < 4.78 is 5.03. The van der Waals surface area contributed by atoms with Gasteiger partial charge in [0.1, 0.15) is 0 Å². The predicted molar refractivity (Wildman–Crippen MR) is 89.8 cm³/mol. The lowest BCUT2D eigenvalue weighted by Crippen LogP contribution is -2.58. The third-order valence-corrected chi connectivity index (χ3v) is 5.27. The summed E-state index contributed by atoms with van der Waals surface area (Å²) in [7, 11) is 0. The number of aliphatic hydroxyl groups is 1. The first-order chi connectivity index (χ1) is 12.1. The van der Waals surface area contributed by atoms with Gasteiger partial charge in [0.2, 0.25) is 11.7 Å². The second-order valence-corrected chi connectivity index (χ2v) is 6.83. The van der Waals surface area contributed by atoms with Gasteiger partial charge in [-0.25, -0.2) is 4.98 Å². The van der Waals surface area contributed by atoms with Crippen LogP contribution in [0.4, 0.5) is 0 Å². The average Bonchev–Trinajstić information content (AvgIpc) is 3.09. The van der Waals surface area contributed by atoms with E-state index < -0.39 is 6.10 Å². The molecule has 1 saturated heterocycles. The van der Waals surface area contributed by atoms with Gasteiger partial charge in [0.25, 0.3) is 5.91 Å². The van der Waals surface area contributed by atoms with Crippen molar-refractivity contribution in [1.29, 1.82) is 0 Å². The fraction of sp³-hybridized carbons (Fsp3) is 0.706. The van der Waals surface area contributed by atoms with E-state index in [-0.39, 0.29) is 29.7 Å². The van der Waals surface area contributed by atoms with Gasteiger partial charge in [0.05, 0.1) is 18.3 Å². The highest BCUT2D eigenvalue weighted by Crippen LogP contribution is 2.24. The van der Waals surface area contributed by atoms with Crippen molar-refractivity contribution in [2.45, 2.75) is 50.8 Å². The lowest BCUT2D eigenvalue weighted by Gasteiger charge is -2.41.